The van der Waals surface area contributed by atoms with Crippen molar-refractivity contribution in [3.63, 3.8) is 0 Å². The van der Waals surface area contributed by atoms with E-state index in [1.165, 1.54) is 0 Å². The molecule has 0 fully saturated rings. The highest BCUT2D eigenvalue weighted by atomic mass is 16.3. The van der Waals surface area contributed by atoms with Gasteiger partial charge in [0.25, 0.3) is 5.91 Å². The second-order valence-electron chi connectivity index (χ2n) is 6.35. The number of rotatable bonds is 5. The Balaban J connectivity index is 1.66. The molecule has 0 radical (unpaired) electrons. The summed E-state index contributed by atoms with van der Waals surface area (Å²) in [5, 5.41) is 7.56. The number of carbonyl (C=O) groups is 1. The molecule has 1 amide bonds. The number of furan rings is 1. The monoisotopic (exact) mass is 360 g/mol. The van der Waals surface area contributed by atoms with Gasteiger partial charge in [0.1, 0.15) is 11.4 Å². The van der Waals surface area contributed by atoms with Crippen molar-refractivity contribution in [2.24, 2.45) is 7.05 Å². The van der Waals surface area contributed by atoms with Crippen LogP contribution in [0.15, 0.2) is 71.3 Å². The molecular weight excluding hydrogens is 340 g/mol. The summed E-state index contributed by atoms with van der Waals surface area (Å²) in [7, 11) is 1.99. The molecule has 3 heterocycles. The molecule has 0 saturated heterocycles. The quantitative estimate of drug-likeness (QED) is 0.590. The molecular formula is C21H20N4O2. The second-order valence-corrected chi connectivity index (χ2v) is 6.35. The zero-order chi connectivity index (χ0) is 18.8. The standard InChI is InChI=1S/C21H20N4O2/c1-15-10-11-17(24(15)2)14-22-21(26)19-13-18(20-9-6-12-27-20)23-25(19)16-7-4-3-5-8-16/h3-13H,14H2,1-2H3,(H,22,26). The van der Waals surface area contributed by atoms with Crippen LogP contribution in [-0.2, 0) is 13.6 Å². The van der Waals surface area contributed by atoms with Crippen LogP contribution < -0.4 is 5.32 Å². The number of carbonyl (C=O) groups excluding carboxylic acids is 1. The van der Waals surface area contributed by atoms with Crippen molar-refractivity contribution in [1.82, 2.24) is 19.7 Å². The number of aromatic nitrogens is 3. The van der Waals surface area contributed by atoms with E-state index >= 15 is 0 Å². The zero-order valence-corrected chi connectivity index (χ0v) is 15.2. The number of amides is 1. The number of para-hydroxylation sites is 1. The molecule has 4 aromatic rings. The van der Waals surface area contributed by atoms with Crippen LogP contribution in [0.1, 0.15) is 21.9 Å². The molecule has 4 rings (SSSR count). The van der Waals surface area contributed by atoms with Crippen LogP contribution in [0.5, 0.6) is 0 Å². The molecule has 6 heteroatoms. The highest BCUT2D eigenvalue weighted by Crippen LogP contribution is 2.22. The van der Waals surface area contributed by atoms with Crippen molar-refractivity contribution in [2.75, 3.05) is 0 Å². The SMILES string of the molecule is Cc1ccc(CNC(=O)c2cc(-c3ccco3)nn2-c2ccccc2)n1C. The molecule has 0 saturated carbocycles. The fraction of sp³-hybridized carbons (Fsp3) is 0.143. The van der Waals surface area contributed by atoms with Crippen LogP contribution in [0.3, 0.4) is 0 Å². The van der Waals surface area contributed by atoms with Gasteiger partial charge in [-0.2, -0.15) is 5.10 Å². The van der Waals surface area contributed by atoms with Crippen molar-refractivity contribution in [2.45, 2.75) is 13.5 Å². The van der Waals surface area contributed by atoms with E-state index in [2.05, 4.69) is 15.0 Å². The maximum absolute atomic E-state index is 12.9. The molecule has 0 bridgehead atoms. The number of nitrogens with zero attached hydrogens (tertiary/aromatic N) is 3. The predicted molar refractivity (Wildman–Crippen MR) is 103 cm³/mol. The Labute approximate surface area is 157 Å². The van der Waals surface area contributed by atoms with Gasteiger partial charge in [-0.25, -0.2) is 4.68 Å². The lowest BCUT2D eigenvalue weighted by Crippen LogP contribution is -2.26. The van der Waals surface area contributed by atoms with Crippen LogP contribution in [0.4, 0.5) is 0 Å². The Morgan fingerprint density at radius 3 is 2.59 bits per heavy atom. The van der Waals surface area contributed by atoms with E-state index in [0.717, 1.165) is 17.1 Å². The summed E-state index contributed by atoms with van der Waals surface area (Å²) in [5.74, 6) is 0.430. The van der Waals surface area contributed by atoms with Gasteiger partial charge in [0.2, 0.25) is 0 Å². The lowest BCUT2D eigenvalue weighted by atomic mass is 10.2. The minimum absolute atomic E-state index is 0.192. The molecule has 0 aliphatic heterocycles. The van der Waals surface area contributed by atoms with Gasteiger partial charge in [-0.05, 0) is 43.3 Å². The first kappa shape index (κ1) is 16.9. The Morgan fingerprint density at radius 1 is 1.11 bits per heavy atom. The van der Waals surface area contributed by atoms with Gasteiger partial charge < -0.3 is 14.3 Å². The third kappa shape index (κ3) is 3.29. The highest BCUT2D eigenvalue weighted by Gasteiger charge is 2.19. The smallest absolute Gasteiger partial charge is 0.270 e. The number of benzene rings is 1. The van der Waals surface area contributed by atoms with Crippen LogP contribution in [0.25, 0.3) is 17.1 Å². The minimum Gasteiger partial charge on any atom is -0.463 e. The van der Waals surface area contributed by atoms with Gasteiger partial charge in [0, 0.05) is 24.5 Å². The van der Waals surface area contributed by atoms with Crippen molar-refractivity contribution in [3.8, 4) is 17.1 Å². The van der Waals surface area contributed by atoms with E-state index in [1.54, 1.807) is 23.1 Å². The first-order valence-electron chi connectivity index (χ1n) is 8.72. The molecule has 1 aromatic carbocycles. The van der Waals surface area contributed by atoms with Crippen molar-refractivity contribution >= 4 is 5.91 Å². The Kier molecular flexibility index (Phi) is 4.38. The van der Waals surface area contributed by atoms with Crippen LogP contribution >= 0.6 is 0 Å². The van der Waals surface area contributed by atoms with Crippen LogP contribution in [0, 0.1) is 6.92 Å². The molecule has 0 aliphatic rings. The maximum atomic E-state index is 12.9. The highest BCUT2D eigenvalue weighted by molar-refractivity contribution is 5.94. The van der Waals surface area contributed by atoms with Crippen molar-refractivity contribution in [3.05, 3.63) is 84.0 Å². The Morgan fingerprint density at radius 2 is 1.93 bits per heavy atom. The molecule has 6 nitrogen and oxygen atoms in total. The molecule has 3 aromatic heterocycles. The summed E-state index contributed by atoms with van der Waals surface area (Å²) in [6.45, 7) is 2.48. The maximum Gasteiger partial charge on any atom is 0.270 e. The Bertz CT molecular complexity index is 1060. The predicted octanol–water partition coefficient (Wildman–Crippen LogP) is 3.71. The molecule has 0 spiro atoms. The summed E-state index contributed by atoms with van der Waals surface area (Å²) < 4.78 is 9.14. The molecule has 27 heavy (non-hydrogen) atoms. The molecule has 0 atom stereocenters. The van der Waals surface area contributed by atoms with E-state index in [-0.39, 0.29) is 5.91 Å². The number of hydrogen-bond acceptors (Lipinski definition) is 3. The summed E-state index contributed by atoms with van der Waals surface area (Å²) in [6.07, 6.45) is 1.59. The van der Waals surface area contributed by atoms with Gasteiger partial charge in [-0.1, -0.05) is 18.2 Å². The van der Waals surface area contributed by atoms with Crippen LogP contribution in [0.2, 0.25) is 0 Å². The summed E-state index contributed by atoms with van der Waals surface area (Å²) in [5.41, 5.74) is 4.07. The average molecular weight is 360 g/mol. The van der Waals surface area contributed by atoms with E-state index in [4.69, 9.17) is 4.42 Å². The van der Waals surface area contributed by atoms with Gasteiger partial charge in [0.15, 0.2) is 5.76 Å². The molecule has 136 valence electrons. The lowest BCUT2D eigenvalue weighted by Gasteiger charge is -2.09. The zero-order valence-electron chi connectivity index (χ0n) is 15.2. The lowest BCUT2D eigenvalue weighted by molar-refractivity contribution is 0.0942. The van der Waals surface area contributed by atoms with Crippen molar-refractivity contribution in [1.29, 1.82) is 0 Å². The molecule has 1 N–H and O–H groups in total. The third-order valence-electron chi connectivity index (χ3n) is 4.62. The largest absolute Gasteiger partial charge is 0.463 e. The van der Waals surface area contributed by atoms with E-state index in [1.807, 2.05) is 62.5 Å². The Hall–Kier alpha value is -3.54. The van der Waals surface area contributed by atoms with E-state index in [0.29, 0.717) is 23.7 Å². The van der Waals surface area contributed by atoms with Crippen LogP contribution in [-0.4, -0.2) is 20.3 Å². The first-order chi connectivity index (χ1) is 13.1. The average Bonchev–Trinajstić information content (AvgIpc) is 3.42. The normalized spacial score (nSPS) is 10.9. The second kappa shape index (κ2) is 6.99. The van der Waals surface area contributed by atoms with Crippen molar-refractivity contribution < 1.29 is 9.21 Å². The van der Waals surface area contributed by atoms with E-state index < -0.39 is 0 Å². The number of aryl methyl sites for hydroxylation is 1. The molecule has 0 unspecified atom stereocenters. The number of nitrogens with one attached hydrogen (secondary N) is 1. The van der Waals surface area contributed by atoms with Gasteiger partial charge >= 0.3 is 0 Å². The summed E-state index contributed by atoms with van der Waals surface area (Å²) in [6, 6.07) is 19.0. The van der Waals surface area contributed by atoms with Gasteiger partial charge in [0.05, 0.1) is 18.5 Å². The fourth-order valence-corrected chi connectivity index (χ4v) is 2.96. The minimum atomic E-state index is -0.192. The van der Waals surface area contributed by atoms with Gasteiger partial charge in [-0.15, -0.1) is 0 Å². The summed E-state index contributed by atoms with van der Waals surface area (Å²) in [4.78, 5) is 12.9. The third-order valence-corrected chi connectivity index (χ3v) is 4.62. The topological polar surface area (TPSA) is 65.0 Å². The summed E-state index contributed by atoms with van der Waals surface area (Å²) >= 11 is 0. The fourth-order valence-electron chi connectivity index (χ4n) is 2.96. The first-order valence-corrected chi connectivity index (χ1v) is 8.72. The molecule has 0 aliphatic carbocycles. The van der Waals surface area contributed by atoms with Gasteiger partial charge in [-0.3, -0.25) is 4.79 Å². The van der Waals surface area contributed by atoms with E-state index in [9.17, 15) is 4.79 Å². The number of hydrogen-bond donors (Lipinski definition) is 1.